The lowest BCUT2D eigenvalue weighted by Gasteiger charge is -2.30. The third-order valence-electron chi connectivity index (χ3n) is 5.71. The van der Waals surface area contributed by atoms with Gasteiger partial charge in [0.15, 0.2) is 5.78 Å². The first-order valence-corrected chi connectivity index (χ1v) is 13.0. The Morgan fingerprint density at radius 2 is 1.25 bits per heavy atom. The van der Waals surface area contributed by atoms with E-state index in [9.17, 15) is 18.0 Å². The maximum Gasteiger partial charge on any atom is 0.282 e. The molecule has 0 spiro atoms. The van der Waals surface area contributed by atoms with Crippen molar-refractivity contribution in [1.29, 1.82) is 0 Å². The van der Waals surface area contributed by atoms with Gasteiger partial charge in [0.2, 0.25) is 11.5 Å². The highest BCUT2D eigenvalue weighted by molar-refractivity contribution is 7.90. The Bertz CT molecular complexity index is 1370. The lowest BCUT2D eigenvalue weighted by Crippen LogP contribution is -2.29. The molecule has 7 nitrogen and oxygen atoms in total. The molecule has 8 heteroatoms. The largest absolute Gasteiger partial charge is 0.352 e. The molecule has 0 unspecified atom stereocenters. The van der Waals surface area contributed by atoms with Gasteiger partial charge >= 0.3 is 0 Å². The van der Waals surface area contributed by atoms with Gasteiger partial charge in [-0.1, -0.05) is 64.4 Å². The Morgan fingerprint density at radius 1 is 0.722 bits per heavy atom. The number of carbonyl (C=O) groups excluding carboxylic acids is 2. The van der Waals surface area contributed by atoms with E-state index in [1.54, 1.807) is 31.2 Å². The van der Waals surface area contributed by atoms with Crippen LogP contribution in [-0.4, -0.2) is 31.4 Å². The van der Waals surface area contributed by atoms with Crippen LogP contribution in [0.15, 0.2) is 85.5 Å². The number of hydrogen-bond acceptors (Lipinski definition) is 6. The molecule has 1 aromatic rings. The van der Waals surface area contributed by atoms with Gasteiger partial charge in [-0.05, 0) is 55.0 Å². The molecule has 0 heterocycles. The Morgan fingerprint density at radius 3 is 1.75 bits per heavy atom. The summed E-state index contributed by atoms with van der Waals surface area (Å²) in [5.74, 6) is -0.636. The Labute approximate surface area is 213 Å². The van der Waals surface area contributed by atoms with Gasteiger partial charge in [0.1, 0.15) is 5.71 Å². The summed E-state index contributed by atoms with van der Waals surface area (Å²) < 4.78 is 29.4. The highest BCUT2D eigenvalue weighted by Crippen LogP contribution is 2.37. The summed E-state index contributed by atoms with van der Waals surface area (Å²) in [7, 11) is -3.99. The first-order chi connectivity index (χ1) is 16.5. The van der Waals surface area contributed by atoms with E-state index in [1.807, 2.05) is 48.5 Å². The van der Waals surface area contributed by atoms with Gasteiger partial charge in [-0.3, -0.25) is 9.59 Å². The smallest absolute Gasteiger partial charge is 0.282 e. The van der Waals surface area contributed by atoms with Gasteiger partial charge in [-0.15, -0.1) is 0 Å². The van der Waals surface area contributed by atoms with Crippen molar-refractivity contribution in [2.24, 2.45) is 20.4 Å². The van der Waals surface area contributed by atoms with Gasteiger partial charge in [-0.2, -0.15) is 12.8 Å². The molecule has 2 aliphatic carbocycles. The number of carbonyl (C=O) groups is 2. The standard InChI is InChI=1S/C28H32N2O5S/c1-17-9-11-21(12-10-17)36(33,34)30-20-13-18(2)25(31)24(16-20)35-29-19-14-22(27(3,4)5)26(32)23(15-19)28(6,7)8/h9-16H,1-8H3. The van der Waals surface area contributed by atoms with Crippen LogP contribution in [0.4, 0.5) is 0 Å². The fourth-order valence-corrected chi connectivity index (χ4v) is 4.60. The van der Waals surface area contributed by atoms with Crippen molar-refractivity contribution in [3.8, 4) is 0 Å². The fourth-order valence-electron chi connectivity index (χ4n) is 3.63. The second kappa shape index (κ2) is 9.58. The predicted octanol–water partition coefficient (Wildman–Crippen LogP) is 5.44. The molecule has 0 atom stereocenters. The third kappa shape index (κ3) is 6.05. The SMILES string of the molecule is CC1=CC(=NS(=O)(=O)c2ccc(C)cc2)C=C(ON=C2C=C(C(C)(C)C)C(=O)C(C(C)(C)C)=C2)C1=O. The average molecular weight is 509 g/mol. The number of allylic oxidation sites excluding steroid dienone is 7. The first-order valence-electron chi connectivity index (χ1n) is 11.6. The molecule has 0 bridgehead atoms. The number of Topliss-reactive ketones (excluding diaryl/α,β-unsaturated/α-hetero) is 2. The molecule has 0 fully saturated rings. The topological polar surface area (TPSA) is 102 Å². The number of oxime groups is 1. The maximum absolute atomic E-state index is 13.1. The highest BCUT2D eigenvalue weighted by Gasteiger charge is 2.34. The van der Waals surface area contributed by atoms with Crippen LogP contribution in [-0.2, 0) is 24.4 Å². The number of benzene rings is 1. The molecule has 0 aromatic heterocycles. The van der Waals surface area contributed by atoms with Gasteiger partial charge in [0.25, 0.3) is 10.0 Å². The summed E-state index contributed by atoms with van der Waals surface area (Å²) in [6, 6.07) is 6.34. The van der Waals surface area contributed by atoms with Crippen molar-refractivity contribution in [3.63, 3.8) is 0 Å². The molecule has 1 aromatic carbocycles. The lowest BCUT2D eigenvalue weighted by atomic mass is 9.72. The third-order valence-corrected chi connectivity index (χ3v) is 7.03. The lowest BCUT2D eigenvalue weighted by molar-refractivity contribution is -0.115. The molecule has 0 saturated heterocycles. The molecule has 190 valence electrons. The van der Waals surface area contributed by atoms with Crippen molar-refractivity contribution in [2.45, 2.75) is 60.3 Å². The first kappa shape index (κ1) is 27.2. The van der Waals surface area contributed by atoms with Crippen molar-refractivity contribution >= 4 is 33.0 Å². The number of aryl methyl sites for hydroxylation is 1. The number of ketones is 2. The maximum atomic E-state index is 13.1. The van der Waals surface area contributed by atoms with Crippen molar-refractivity contribution in [1.82, 2.24) is 0 Å². The van der Waals surface area contributed by atoms with Crippen molar-refractivity contribution in [2.75, 3.05) is 0 Å². The van der Waals surface area contributed by atoms with Gasteiger partial charge < -0.3 is 4.84 Å². The van der Waals surface area contributed by atoms with E-state index < -0.39 is 26.6 Å². The number of hydrogen-bond donors (Lipinski definition) is 0. The van der Waals surface area contributed by atoms with Crippen LogP contribution in [0, 0.1) is 17.8 Å². The minimum absolute atomic E-state index is 0.0450. The highest BCUT2D eigenvalue weighted by atomic mass is 32.2. The van der Waals surface area contributed by atoms with E-state index in [2.05, 4.69) is 9.55 Å². The van der Waals surface area contributed by atoms with Crippen LogP contribution in [0.25, 0.3) is 0 Å². The zero-order chi connectivity index (χ0) is 27.1. The molecule has 36 heavy (non-hydrogen) atoms. The van der Waals surface area contributed by atoms with Crippen molar-refractivity contribution in [3.05, 3.63) is 76.6 Å². The summed E-state index contributed by atoms with van der Waals surface area (Å²) in [5.41, 5.74) is 1.95. The molecule has 2 aliphatic rings. The summed E-state index contributed by atoms with van der Waals surface area (Å²) in [4.78, 5) is 31.4. The molecule has 0 saturated carbocycles. The molecule has 0 aliphatic heterocycles. The molecular weight excluding hydrogens is 476 g/mol. The van der Waals surface area contributed by atoms with Crippen LogP contribution in [0.3, 0.4) is 0 Å². The fraction of sp³-hybridized carbons (Fsp3) is 0.357. The summed E-state index contributed by atoms with van der Waals surface area (Å²) in [5, 5.41) is 4.14. The number of rotatable bonds is 4. The molecular formula is C28H32N2O5S. The van der Waals surface area contributed by atoms with Crippen molar-refractivity contribution < 1.29 is 22.8 Å². The van der Waals surface area contributed by atoms with Crippen LogP contribution in [0.2, 0.25) is 0 Å². The monoisotopic (exact) mass is 508 g/mol. The van der Waals surface area contributed by atoms with E-state index in [0.717, 1.165) is 5.56 Å². The van der Waals surface area contributed by atoms with E-state index in [0.29, 0.717) is 16.9 Å². The van der Waals surface area contributed by atoms with Gasteiger partial charge in [-0.25, -0.2) is 0 Å². The Kier molecular flexibility index (Phi) is 7.24. The van der Waals surface area contributed by atoms with E-state index >= 15 is 0 Å². The molecule has 0 amide bonds. The van der Waals surface area contributed by atoms with Gasteiger partial charge in [0, 0.05) is 22.8 Å². The molecule has 0 N–H and O–H groups in total. The second-order valence-electron chi connectivity index (χ2n) is 11.0. The van der Waals surface area contributed by atoms with E-state index in [1.165, 1.54) is 24.3 Å². The second-order valence-corrected chi connectivity index (χ2v) is 12.6. The Hall–Kier alpha value is -3.39. The quantitative estimate of drug-likeness (QED) is 0.398. The summed E-state index contributed by atoms with van der Waals surface area (Å²) >= 11 is 0. The van der Waals surface area contributed by atoms with E-state index in [4.69, 9.17) is 4.84 Å². The van der Waals surface area contributed by atoms with Gasteiger partial charge in [0.05, 0.1) is 10.6 Å². The normalized spacial score (nSPS) is 18.4. The number of nitrogens with zero attached hydrogens (tertiary/aromatic N) is 2. The van der Waals surface area contributed by atoms with Crippen LogP contribution in [0.5, 0.6) is 0 Å². The summed E-state index contributed by atoms with van der Waals surface area (Å²) in [6.07, 6.45) is 5.96. The van der Waals surface area contributed by atoms with Crippen LogP contribution < -0.4 is 0 Å². The molecule has 3 rings (SSSR count). The van der Waals surface area contributed by atoms with Crippen LogP contribution in [0.1, 0.15) is 54.0 Å². The number of sulfonamides is 1. The zero-order valence-electron chi connectivity index (χ0n) is 22.0. The Balaban J connectivity index is 2.00. The minimum Gasteiger partial charge on any atom is -0.352 e. The average Bonchev–Trinajstić information content (AvgIpc) is 2.74. The predicted molar refractivity (Wildman–Crippen MR) is 141 cm³/mol. The minimum atomic E-state index is -3.99. The summed E-state index contributed by atoms with van der Waals surface area (Å²) in [6.45, 7) is 15.1. The zero-order valence-corrected chi connectivity index (χ0v) is 22.8. The van der Waals surface area contributed by atoms with E-state index in [-0.39, 0.29) is 27.7 Å². The molecule has 0 radical (unpaired) electrons. The van der Waals surface area contributed by atoms with Crippen LogP contribution >= 0.6 is 0 Å².